The van der Waals surface area contributed by atoms with Gasteiger partial charge < -0.3 is 15.3 Å². The number of likely N-dealkylation sites (N-methyl/N-ethyl adjacent to an activating group) is 1. The Bertz CT molecular complexity index is 319. The molecule has 3 unspecified atom stereocenters. The van der Waals surface area contributed by atoms with Gasteiger partial charge in [-0.05, 0) is 58.5 Å². The van der Waals surface area contributed by atoms with Crippen LogP contribution in [0, 0.1) is 5.92 Å². The number of carbonyl (C=O) groups is 1. The molecular weight excluding hydrogens is 240 g/mol. The van der Waals surface area contributed by atoms with Gasteiger partial charge in [-0.3, -0.25) is 4.79 Å². The predicted molar refractivity (Wildman–Crippen MR) is 76.3 cm³/mol. The van der Waals surface area contributed by atoms with E-state index < -0.39 is 11.5 Å². The Balaban J connectivity index is 1.92. The lowest BCUT2D eigenvalue weighted by Gasteiger charge is -2.45. The van der Waals surface area contributed by atoms with Gasteiger partial charge in [0.25, 0.3) is 0 Å². The number of nitrogens with one attached hydrogen (secondary N) is 1. The van der Waals surface area contributed by atoms with Crippen molar-refractivity contribution in [3.63, 3.8) is 0 Å². The van der Waals surface area contributed by atoms with Crippen molar-refractivity contribution in [2.24, 2.45) is 5.92 Å². The summed E-state index contributed by atoms with van der Waals surface area (Å²) in [6, 6.07) is 0.720. The number of carboxylic acids is 1. The number of hydrogen-bond donors (Lipinski definition) is 2. The third kappa shape index (κ3) is 3.29. The highest BCUT2D eigenvalue weighted by molar-refractivity contribution is 5.78. The van der Waals surface area contributed by atoms with E-state index in [-0.39, 0.29) is 0 Å². The molecule has 0 aromatic carbocycles. The summed E-state index contributed by atoms with van der Waals surface area (Å²) in [5.41, 5.74) is -0.790. The molecular formula is C15H28N2O2. The zero-order valence-electron chi connectivity index (χ0n) is 12.3. The topological polar surface area (TPSA) is 52.6 Å². The van der Waals surface area contributed by atoms with E-state index in [1.807, 2.05) is 0 Å². The average Bonchev–Trinajstić information content (AvgIpc) is 2.44. The van der Waals surface area contributed by atoms with Gasteiger partial charge in [0, 0.05) is 12.6 Å². The van der Waals surface area contributed by atoms with E-state index >= 15 is 0 Å². The van der Waals surface area contributed by atoms with Gasteiger partial charge in [0.1, 0.15) is 5.54 Å². The first-order valence-electron chi connectivity index (χ1n) is 7.73. The maximum absolute atomic E-state index is 11.3. The summed E-state index contributed by atoms with van der Waals surface area (Å²) >= 11 is 0. The van der Waals surface area contributed by atoms with Gasteiger partial charge in [-0.1, -0.05) is 12.8 Å². The van der Waals surface area contributed by atoms with E-state index in [1.54, 1.807) is 14.0 Å². The van der Waals surface area contributed by atoms with Crippen LogP contribution in [0.2, 0.25) is 0 Å². The maximum Gasteiger partial charge on any atom is 0.323 e. The molecule has 1 aliphatic carbocycles. The third-order valence-corrected chi connectivity index (χ3v) is 5.28. The fraction of sp³-hybridized carbons (Fsp3) is 0.933. The zero-order valence-corrected chi connectivity index (χ0v) is 12.3. The number of carboxylic acid groups (broad SMARTS) is 1. The number of hydrogen-bond acceptors (Lipinski definition) is 3. The van der Waals surface area contributed by atoms with Crippen LogP contribution in [0.4, 0.5) is 0 Å². The number of rotatable bonds is 5. The minimum absolute atomic E-state index is 0.683. The summed E-state index contributed by atoms with van der Waals surface area (Å²) in [5.74, 6) is 0.125. The minimum Gasteiger partial charge on any atom is -0.480 e. The SMILES string of the molecule is CNC(C)(CCN1CCCC2CCCCC21)C(=O)O. The monoisotopic (exact) mass is 268 g/mol. The normalized spacial score (nSPS) is 31.5. The second-order valence-electron chi connectivity index (χ2n) is 6.43. The van der Waals surface area contributed by atoms with Crippen molar-refractivity contribution in [2.75, 3.05) is 20.1 Å². The molecule has 2 rings (SSSR count). The molecule has 19 heavy (non-hydrogen) atoms. The lowest BCUT2D eigenvalue weighted by atomic mass is 9.78. The summed E-state index contributed by atoms with van der Waals surface area (Å²) in [5, 5.41) is 12.3. The number of aliphatic carboxylic acids is 1. The van der Waals surface area contributed by atoms with Crippen LogP contribution >= 0.6 is 0 Å². The summed E-state index contributed by atoms with van der Waals surface area (Å²) in [6.07, 6.45) is 8.77. The fourth-order valence-corrected chi connectivity index (χ4v) is 3.71. The zero-order chi connectivity index (χ0) is 13.9. The van der Waals surface area contributed by atoms with Crippen LogP contribution in [0.5, 0.6) is 0 Å². The van der Waals surface area contributed by atoms with Crippen LogP contribution in [-0.2, 0) is 4.79 Å². The van der Waals surface area contributed by atoms with Crippen molar-refractivity contribution in [1.82, 2.24) is 10.2 Å². The Morgan fingerprint density at radius 1 is 1.32 bits per heavy atom. The molecule has 0 aromatic rings. The van der Waals surface area contributed by atoms with E-state index in [9.17, 15) is 9.90 Å². The first-order valence-corrected chi connectivity index (χ1v) is 7.73. The molecule has 110 valence electrons. The third-order valence-electron chi connectivity index (χ3n) is 5.28. The lowest BCUT2D eigenvalue weighted by Crippen LogP contribution is -2.53. The van der Waals surface area contributed by atoms with E-state index in [4.69, 9.17) is 0 Å². The number of fused-ring (bicyclic) bond motifs is 1. The summed E-state index contributed by atoms with van der Waals surface area (Å²) in [7, 11) is 1.74. The number of piperidine rings is 1. The van der Waals surface area contributed by atoms with E-state index in [2.05, 4.69) is 10.2 Å². The molecule has 0 bridgehead atoms. The number of likely N-dealkylation sites (tertiary alicyclic amines) is 1. The molecule has 1 heterocycles. The Kier molecular flexibility index (Phi) is 4.85. The maximum atomic E-state index is 11.3. The molecule has 2 aliphatic rings. The first kappa shape index (κ1) is 14.8. The van der Waals surface area contributed by atoms with Crippen molar-refractivity contribution >= 4 is 5.97 Å². The van der Waals surface area contributed by atoms with Gasteiger partial charge in [0.2, 0.25) is 0 Å². The summed E-state index contributed by atoms with van der Waals surface area (Å²) in [6.45, 7) is 3.85. The molecule has 3 atom stereocenters. The van der Waals surface area contributed by atoms with Crippen molar-refractivity contribution in [3.05, 3.63) is 0 Å². The van der Waals surface area contributed by atoms with Gasteiger partial charge in [-0.2, -0.15) is 0 Å². The molecule has 4 heteroatoms. The molecule has 0 aromatic heterocycles. The van der Waals surface area contributed by atoms with E-state index in [0.717, 1.165) is 25.0 Å². The van der Waals surface area contributed by atoms with Gasteiger partial charge in [-0.15, -0.1) is 0 Å². The average molecular weight is 268 g/mol. The van der Waals surface area contributed by atoms with Crippen molar-refractivity contribution in [3.8, 4) is 0 Å². The Morgan fingerprint density at radius 2 is 2.00 bits per heavy atom. The van der Waals surface area contributed by atoms with Crippen molar-refractivity contribution in [1.29, 1.82) is 0 Å². The van der Waals surface area contributed by atoms with Gasteiger partial charge in [0.15, 0.2) is 0 Å². The Morgan fingerprint density at radius 3 is 2.68 bits per heavy atom. The van der Waals surface area contributed by atoms with Gasteiger partial charge in [0.05, 0.1) is 0 Å². The van der Waals surface area contributed by atoms with Crippen LogP contribution in [0.1, 0.15) is 51.9 Å². The van der Waals surface area contributed by atoms with Gasteiger partial charge >= 0.3 is 5.97 Å². The van der Waals surface area contributed by atoms with Gasteiger partial charge in [-0.25, -0.2) is 0 Å². The number of nitrogens with zero attached hydrogens (tertiary/aromatic N) is 1. The minimum atomic E-state index is -0.790. The standard InChI is InChI=1S/C15H28N2O2/c1-15(16-2,14(18)19)9-11-17-10-5-7-12-6-3-4-8-13(12)17/h12-13,16H,3-11H2,1-2H3,(H,18,19). The van der Waals surface area contributed by atoms with Crippen molar-refractivity contribution < 1.29 is 9.90 Å². The smallest absolute Gasteiger partial charge is 0.323 e. The molecule has 1 aliphatic heterocycles. The first-order chi connectivity index (χ1) is 9.07. The molecule has 0 spiro atoms. The quantitative estimate of drug-likeness (QED) is 0.801. The highest BCUT2D eigenvalue weighted by Gasteiger charge is 2.36. The molecule has 1 saturated heterocycles. The largest absolute Gasteiger partial charge is 0.480 e. The summed E-state index contributed by atoms with van der Waals surface area (Å²) < 4.78 is 0. The highest BCUT2D eigenvalue weighted by atomic mass is 16.4. The Labute approximate surface area is 116 Å². The van der Waals surface area contributed by atoms with Crippen LogP contribution in [0.25, 0.3) is 0 Å². The van der Waals surface area contributed by atoms with Crippen LogP contribution in [0.3, 0.4) is 0 Å². The molecule has 0 amide bonds. The Hall–Kier alpha value is -0.610. The van der Waals surface area contributed by atoms with Crippen LogP contribution in [-0.4, -0.2) is 47.7 Å². The van der Waals surface area contributed by atoms with E-state index in [0.29, 0.717) is 6.42 Å². The second kappa shape index (κ2) is 6.23. The second-order valence-corrected chi connectivity index (χ2v) is 6.43. The molecule has 0 radical (unpaired) electrons. The molecule has 1 saturated carbocycles. The predicted octanol–water partition coefficient (Wildman–Crippen LogP) is 2.09. The van der Waals surface area contributed by atoms with Crippen LogP contribution in [0.15, 0.2) is 0 Å². The molecule has 2 N–H and O–H groups in total. The summed E-state index contributed by atoms with van der Waals surface area (Å²) in [4.78, 5) is 13.9. The highest BCUT2D eigenvalue weighted by Crippen LogP contribution is 2.35. The van der Waals surface area contributed by atoms with Crippen LogP contribution < -0.4 is 5.32 Å². The molecule has 4 nitrogen and oxygen atoms in total. The van der Waals surface area contributed by atoms with E-state index in [1.165, 1.54) is 38.5 Å². The van der Waals surface area contributed by atoms with Crippen molar-refractivity contribution in [2.45, 2.75) is 63.5 Å². The molecule has 2 fully saturated rings. The fourth-order valence-electron chi connectivity index (χ4n) is 3.71. The lowest BCUT2D eigenvalue weighted by molar-refractivity contribution is -0.144.